The van der Waals surface area contributed by atoms with Crippen molar-refractivity contribution >= 4 is 38.6 Å². The molecule has 0 saturated heterocycles. The molecule has 30 heavy (non-hydrogen) atoms. The van der Waals surface area contributed by atoms with Gasteiger partial charge in [-0.25, -0.2) is 8.42 Å². The van der Waals surface area contributed by atoms with Gasteiger partial charge in [0.1, 0.15) is 10.7 Å². The summed E-state index contributed by atoms with van der Waals surface area (Å²) in [4.78, 5) is 14.6. The van der Waals surface area contributed by atoms with Crippen molar-refractivity contribution in [3.8, 4) is 5.75 Å². The number of allylic oxidation sites excluding steroid dienone is 1. The van der Waals surface area contributed by atoms with E-state index >= 15 is 0 Å². The molecule has 0 N–H and O–H groups in total. The van der Waals surface area contributed by atoms with Crippen molar-refractivity contribution in [1.29, 1.82) is 0 Å². The molecule has 0 aliphatic carbocycles. The van der Waals surface area contributed by atoms with Gasteiger partial charge in [0.05, 0.1) is 17.2 Å². The van der Waals surface area contributed by atoms with Gasteiger partial charge in [-0.2, -0.15) is 0 Å². The molecule has 0 bridgehead atoms. The number of hydrogen-bond donors (Lipinski definition) is 0. The van der Waals surface area contributed by atoms with Crippen LogP contribution in [0.3, 0.4) is 0 Å². The van der Waals surface area contributed by atoms with Gasteiger partial charge in [0.15, 0.2) is 0 Å². The van der Waals surface area contributed by atoms with Gasteiger partial charge < -0.3 is 9.64 Å². The number of anilines is 2. The second-order valence-corrected chi connectivity index (χ2v) is 8.92. The van der Waals surface area contributed by atoms with Crippen LogP contribution in [0.1, 0.15) is 17.3 Å². The zero-order valence-electron chi connectivity index (χ0n) is 16.1. The predicted molar refractivity (Wildman–Crippen MR) is 117 cm³/mol. The van der Waals surface area contributed by atoms with Crippen LogP contribution in [0, 0.1) is 0 Å². The first kappa shape index (κ1) is 20.2. The number of carbonyl (C=O) groups excluding carboxylic acids is 1. The monoisotopic (exact) mass is 439 g/mol. The molecular weight excluding hydrogens is 422 g/mol. The summed E-state index contributed by atoms with van der Waals surface area (Å²) in [5.74, 6) is 0.123. The van der Waals surface area contributed by atoms with Crippen molar-refractivity contribution in [2.24, 2.45) is 0 Å². The summed E-state index contributed by atoms with van der Waals surface area (Å²) in [6, 6.07) is 20.0. The topological polar surface area (TPSA) is 63.7 Å². The van der Waals surface area contributed by atoms with Crippen LogP contribution >= 0.6 is 11.6 Å². The second kappa shape index (κ2) is 7.97. The van der Waals surface area contributed by atoms with E-state index in [0.29, 0.717) is 28.8 Å². The maximum Gasteiger partial charge on any atom is 0.214 e. The summed E-state index contributed by atoms with van der Waals surface area (Å²) in [7, 11) is -3.99. The molecule has 4 rings (SSSR count). The summed E-state index contributed by atoms with van der Waals surface area (Å²) in [5.41, 5.74) is 1.44. The average Bonchev–Trinajstić information content (AvgIpc) is 2.75. The lowest BCUT2D eigenvalue weighted by Crippen LogP contribution is -2.25. The molecule has 0 radical (unpaired) electrons. The molecule has 1 heterocycles. The number of rotatable bonds is 5. The zero-order chi connectivity index (χ0) is 21.3. The summed E-state index contributed by atoms with van der Waals surface area (Å²) in [6.07, 6.45) is 1.38. The van der Waals surface area contributed by atoms with Gasteiger partial charge in [0.25, 0.3) is 0 Å². The third-order valence-corrected chi connectivity index (χ3v) is 6.75. The van der Waals surface area contributed by atoms with Gasteiger partial charge in [-0.05, 0) is 67.6 Å². The number of Topliss-reactive ketones (excluding diaryl/α,β-unsaturated/α-hetero) is 1. The van der Waals surface area contributed by atoms with E-state index in [1.807, 2.05) is 19.1 Å². The van der Waals surface area contributed by atoms with Crippen LogP contribution in [0.4, 0.5) is 11.4 Å². The van der Waals surface area contributed by atoms with E-state index in [1.54, 1.807) is 47.4 Å². The number of sulfone groups is 1. The molecule has 0 aromatic heterocycles. The highest BCUT2D eigenvalue weighted by molar-refractivity contribution is 7.96. The third-order valence-electron chi connectivity index (χ3n) is 4.71. The van der Waals surface area contributed by atoms with Gasteiger partial charge in [0, 0.05) is 22.5 Å². The Morgan fingerprint density at radius 3 is 2.30 bits per heavy atom. The minimum atomic E-state index is -3.99. The summed E-state index contributed by atoms with van der Waals surface area (Å²) < 4.78 is 32.0. The predicted octanol–water partition coefficient (Wildman–Crippen LogP) is 5.39. The Balaban J connectivity index is 1.85. The molecule has 152 valence electrons. The minimum Gasteiger partial charge on any atom is -0.494 e. The normalized spacial score (nSPS) is 14.6. The average molecular weight is 440 g/mol. The zero-order valence-corrected chi connectivity index (χ0v) is 17.7. The molecule has 0 atom stereocenters. The molecule has 1 aliphatic heterocycles. The molecule has 7 heteroatoms. The van der Waals surface area contributed by atoms with Crippen LogP contribution in [0.25, 0.3) is 0 Å². The van der Waals surface area contributed by atoms with Gasteiger partial charge in [0.2, 0.25) is 15.6 Å². The molecule has 0 fully saturated rings. The Hall–Kier alpha value is -3.09. The number of halogens is 1. The van der Waals surface area contributed by atoms with E-state index in [9.17, 15) is 13.2 Å². The van der Waals surface area contributed by atoms with Crippen LogP contribution in [0.15, 0.2) is 88.8 Å². The van der Waals surface area contributed by atoms with Gasteiger partial charge >= 0.3 is 0 Å². The maximum atomic E-state index is 13.2. The van der Waals surface area contributed by atoms with Crippen molar-refractivity contribution in [1.82, 2.24) is 0 Å². The SMILES string of the molecule is CCOc1ccc(N2C=C(C(=O)c3ccc(Cl)cc3)S(=O)(=O)c3ccccc32)cc1. The first-order chi connectivity index (χ1) is 14.4. The minimum absolute atomic E-state index is 0.0821. The van der Waals surface area contributed by atoms with E-state index < -0.39 is 15.6 Å². The molecule has 5 nitrogen and oxygen atoms in total. The Kier molecular flexibility index (Phi) is 5.37. The first-order valence-electron chi connectivity index (χ1n) is 9.30. The fourth-order valence-corrected chi connectivity index (χ4v) is 4.93. The summed E-state index contributed by atoms with van der Waals surface area (Å²) >= 11 is 5.90. The molecule has 0 unspecified atom stereocenters. The van der Waals surface area contributed by atoms with Crippen LogP contribution < -0.4 is 9.64 Å². The Bertz CT molecular complexity index is 1230. The van der Waals surface area contributed by atoms with E-state index in [4.69, 9.17) is 16.3 Å². The Labute approximate surface area is 180 Å². The van der Waals surface area contributed by atoms with Crippen LogP contribution in [0.5, 0.6) is 5.75 Å². The number of ether oxygens (including phenoxy) is 1. The molecule has 3 aromatic carbocycles. The molecule has 1 aliphatic rings. The number of benzene rings is 3. The van der Waals surface area contributed by atoms with Gasteiger partial charge in [-0.15, -0.1) is 0 Å². The number of fused-ring (bicyclic) bond motifs is 1. The Morgan fingerprint density at radius 2 is 1.63 bits per heavy atom. The molecular formula is C23H18ClNO4S. The number of ketones is 1. The van der Waals surface area contributed by atoms with Gasteiger partial charge in [-0.1, -0.05) is 23.7 Å². The van der Waals surface area contributed by atoms with Crippen LogP contribution in [-0.4, -0.2) is 20.8 Å². The largest absolute Gasteiger partial charge is 0.494 e. The standard InChI is InChI=1S/C23H18ClNO4S/c1-2-29-19-13-11-18(12-14-19)25-15-22(23(26)16-7-9-17(24)10-8-16)30(27,28)21-6-4-3-5-20(21)25/h3-15H,2H2,1H3. The van der Waals surface area contributed by atoms with Crippen molar-refractivity contribution in [2.45, 2.75) is 11.8 Å². The smallest absolute Gasteiger partial charge is 0.214 e. The highest BCUT2D eigenvalue weighted by Gasteiger charge is 2.36. The molecule has 0 spiro atoms. The van der Waals surface area contributed by atoms with E-state index in [-0.39, 0.29) is 15.4 Å². The molecule has 0 amide bonds. The maximum absolute atomic E-state index is 13.2. The van der Waals surface area contributed by atoms with Crippen molar-refractivity contribution < 1.29 is 17.9 Å². The number of carbonyl (C=O) groups is 1. The lowest BCUT2D eigenvalue weighted by Gasteiger charge is -2.29. The quantitative estimate of drug-likeness (QED) is 0.499. The van der Waals surface area contributed by atoms with Crippen LogP contribution in [0.2, 0.25) is 5.02 Å². The van der Waals surface area contributed by atoms with Crippen molar-refractivity contribution in [3.05, 3.63) is 94.5 Å². The number of hydrogen-bond acceptors (Lipinski definition) is 5. The highest BCUT2D eigenvalue weighted by Crippen LogP contribution is 2.40. The lowest BCUT2D eigenvalue weighted by atomic mass is 10.1. The first-order valence-corrected chi connectivity index (χ1v) is 11.2. The molecule has 0 saturated carbocycles. The van der Waals surface area contributed by atoms with E-state index in [0.717, 1.165) is 0 Å². The van der Waals surface area contributed by atoms with Crippen LogP contribution in [-0.2, 0) is 9.84 Å². The molecule has 3 aromatic rings. The fraction of sp³-hybridized carbons (Fsp3) is 0.0870. The Morgan fingerprint density at radius 1 is 0.967 bits per heavy atom. The van der Waals surface area contributed by atoms with E-state index in [1.165, 1.54) is 24.4 Å². The summed E-state index contributed by atoms with van der Waals surface area (Å²) in [5, 5.41) is 0.466. The van der Waals surface area contributed by atoms with Crippen molar-refractivity contribution in [3.63, 3.8) is 0 Å². The van der Waals surface area contributed by atoms with E-state index in [2.05, 4.69) is 0 Å². The van der Waals surface area contributed by atoms with Crippen molar-refractivity contribution in [2.75, 3.05) is 11.5 Å². The highest BCUT2D eigenvalue weighted by atomic mass is 35.5. The summed E-state index contributed by atoms with van der Waals surface area (Å²) in [6.45, 7) is 2.45. The lowest BCUT2D eigenvalue weighted by molar-refractivity contribution is 0.104. The number of nitrogens with zero attached hydrogens (tertiary/aromatic N) is 1. The van der Waals surface area contributed by atoms with Gasteiger partial charge in [-0.3, -0.25) is 4.79 Å². The fourth-order valence-electron chi connectivity index (χ4n) is 3.27. The number of para-hydroxylation sites is 1. The third kappa shape index (κ3) is 3.60. The second-order valence-electron chi connectivity index (χ2n) is 6.60.